The monoisotopic (exact) mass is 160 g/mol. The fraction of sp³-hybridized carbons (Fsp3) is 0.667. The molecule has 0 heterocycles. The number of amides is 1. The third-order valence-electron chi connectivity index (χ3n) is 1.08. The molecule has 0 atom stereocenters. The Morgan fingerprint density at radius 2 is 2.30 bits per heavy atom. The van der Waals surface area contributed by atoms with Crippen LogP contribution in [-0.4, -0.2) is 17.9 Å². The van der Waals surface area contributed by atoms with Crippen LogP contribution in [0.25, 0.3) is 0 Å². The van der Waals surface area contributed by atoms with E-state index in [1.165, 1.54) is 0 Å². The highest BCUT2D eigenvalue weighted by Crippen LogP contribution is 1.92. The zero-order valence-corrected chi connectivity index (χ0v) is 6.62. The maximum atomic E-state index is 9.74. The van der Waals surface area contributed by atoms with Crippen LogP contribution in [0.3, 0.4) is 0 Å². The molecule has 0 aromatic carbocycles. The van der Waals surface area contributed by atoms with E-state index in [9.17, 15) is 4.79 Å². The Hall–Kier alpha value is -0.640. The molecule has 1 amide bonds. The Kier molecular flexibility index (Phi) is 6.06. The first kappa shape index (κ1) is 9.36. The van der Waals surface area contributed by atoms with Gasteiger partial charge >= 0.3 is 0 Å². The number of carbonyl (C=O) groups excluding carboxylic acids is 1. The minimum atomic E-state index is 0.547. The summed E-state index contributed by atoms with van der Waals surface area (Å²) in [6.45, 7) is 0.714. The van der Waals surface area contributed by atoms with Crippen LogP contribution < -0.4 is 11.1 Å². The molecule has 0 saturated carbocycles. The van der Waals surface area contributed by atoms with Gasteiger partial charge in [0.15, 0.2) is 0 Å². The van der Waals surface area contributed by atoms with E-state index < -0.39 is 0 Å². The second-order valence-corrected chi connectivity index (χ2v) is 2.52. The predicted molar refractivity (Wildman–Crippen MR) is 44.7 cm³/mol. The number of thiocarbonyl (C=S) groups is 1. The van der Waals surface area contributed by atoms with Crippen LogP contribution in [0.5, 0.6) is 0 Å². The van der Waals surface area contributed by atoms with Crippen molar-refractivity contribution in [3.8, 4) is 0 Å². The molecule has 3 nitrogen and oxygen atoms in total. The SMILES string of the molecule is NC(=S)CCCCNC=O. The Bertz CT molecular complexity index is 116. The van der Waals surface area contributed by atoms with E-state index >= 15 is 0 Å². The molecule has 0 aliphatic carbocycles. The fourth-order valence-corrected chi connectivity index (χ4v) is 0.730. The minimum Gasteiger partial charge on any atom is -0.393 e. The van der Waals surface area contributed by atoms with E-state index in [1.807, 2.05) is 0 Å². The number of nitrogens with one attached hydrogen (secondary N) is 1. The van der Waals surface area contributed by atoms with Crippen LogP contribution in [0.1, 0.15) is 19.3 Å². The summed E-state index contributed by atoms with van der Waals surface area (Å²) < 4.78 is 0. The van der Waals surface area contributed by atoms with Crippen LogP contribution in [-0.2, 0) is 4.79 Å². The maximum absolute atomic E-state index is 9.74. The van der Waals surface area contributed by atoms with Gasteiger partial charge in [0.05, 0.1) is 4.99 Å². The van der Waals surface area contributed by atoms with Gasteiger partial charge in [0.25, 0.3) is 0 Å². The summed E-state index contributed by atoms with van der Waals surface area (Å²) in [5.41, 5.74) is 5.25. The van der Waals surface area contributed by atoms with Crippen molar-refractivity contribution in [2.75, 3.05) is 6.54 Å². The van der Waals surface area contributed by atoms with Crippen LogP contribution >= 0.6 is 12.2 Å². The first-order valence-electron chi connectivity index (χ1n) is 3.22. The van der Waals surface area contributed by atoms with Gasteiger partial charge in [-0.25, -0.2) is 0 Å². The van der Waals surface area contributed by atoms with Crippen molar-refractivity contribution in [2.24, 2.45) is 5.73 Å². The number of nitrogens with two attached hydrogens (primary N) is 1. The van der Waals surface area contributed by atoms with Gasteiger partial charge in [-0.3, -0.25) is 4.79 Å². The molecular formula is C6H12N2OS. The number of carbonyl (C=O) groups is 1. The lowest BCUT2D eigenvalue weighted by Gasteiger charge is -1.97. The molecule has 0 aliphatic heterocycles. The largest absolute Gasteiger partial charge is 0.393 e. The normalized spacial score (nSPS) is 8.80. The Labute approximate surface area is 66.0 Å². The summed E-state index contributed by atoms with van der Waals surface area (Å²) in [6.07, 6.45) is 3.36. The van der Waals surface area contributed by atoms with Gasteiger partial charge in [-0.2, -0.15) is 0 Å². The van der Waals surface area contributed by atoms with Crippen molar-refractivity contribution in [1.82, 2.24) is 5.32 Å². The number of hydrogen-bond acceptors (Lipinski definition) is 2. The van der Waals surface area contributed by atoms with Gasteiger partial charge < -0.3 is 11.1 Å². The average molecular weight is 160 g/mol. The van der Waals surface area contributed by atoms with Crippen LogP contribution in [0.2, 0.25) is 0 Å². The van der Waals surface area contributed by atoms with Crippen molar-refractivity contribution < 1.29 is 4.79 Å². The maximum Gasteiger partial charge on any atom is 0.207 e. The molecule has 10 heavy (non-hydrogen) atoms. The van der Waals surface area contributed by atoms with Crippen molar-refractivity contribution in [2.45, 2.75) is 19.3 Å². The molecule has 0 radical (unpaired) electrons. The lowest BCUT2D eigenvalue weighted by atomic mass is 10.2. The predicted octanol–water partition coefficient (Wildman–Crippen LogP) is 0.189. The highest BCUT2D eigenvalue weighted by Gasteiger charge is 1.89. The molecule has 4 heteroatoms. The highest BCUT2D eigenvalue weighted by molar-refractivity contribution is 7.80. The average Bonchev–Trinajstić information content (AvgIpc) is 1.87. The first-order chi connectivity index (χ1) is 4.77. The lowest BCUT2D eigenvalue weighted by molar-refractivity contribution is -0.109. The van der Waals surface area contributed by atoms with Crippen molar-refractivity contribution in [3.05, 3.63) is 0 Å². The molecular weight excluding hydrogens is 148 g/mol. The summed E-state index contributed by atoms with van der Waals surface area (Å²) in [5, 5.41) is 2.56. The molecule has 0 aliphatic rings. The van der Waals surface area contributed by atoms with Gasteiger partial charge in [0, 0.05) is 6.54 Å². The van der Waals surface area contributed by atoms with Crippen molar-refractivity contribution in [3.63, 3.8) is 0 Å². The standard InChI is InChI=1S/C6H12N2OS/c7-6(10)3-1-2-4-8-5-9/h5H,1-4H2,(H2,7,10)(H,8,9). The third-order valence-corrected chi connectivity index (χ3v) is 1.28. The van der Waals surface area contributed by atoms with E-state index in [4.69, 9.17) is 5.73 Å². The van der Waals surface area contributed by atoms with Gasteiger partial charge in [0.2, 0.25) is 6.41 Å². The number of unbranched alkanes of at least 4 members (excludes halogenated alkanes) is 1. The Balaban J connectivity index is 2.90. The molecule has 0 unspecified atom stereocenters. The molecule has 3 N–H and O–H groups in total. The minimum absolute atomic E-state index is 0.547. The zero-order chi connectivity index (χ0) is 7.82. The van der Waals surface area contributed by atoms with Gasteiger partial charge in [0.1, 0.15) is 0 Å². The van der Waals surface area contributed by atoms with Crippen LogP contribution in [0, 0.1) is 0 Å². The molecule has 0 spiro atoms. The first-order valence-corrected chi connectivity index (χ1v) is 3.63. The summed E-state index contributed by atoms with van der Waals surface area (Å²) >= 11 is 4.66. The van der Waals surface area contributed by atoms with Crippen LogP contribution in [0.4, 0.5) is 0 Å². The lowest BCUT2D eigenvalue weighted by Crippen LogP contribution is -2.13. The second-order valence-electron chi connectivity index (χ2n) is 2.00. The smallest absolute Gasteiger partial charge is 0.207 e. The summed E-state index contributed by atoms with van der Waals surface area (Å²) in [4.78, 5) is 10.3. The molecule has 0 bridgehead atoms. The van der Waals surface area contributed by atoms with E-state index in [0.717, 1.165) is 19.3 Å². The van der Waals surface area contributed by atoms with E-state index in [0.29, 0.717) is 17.9 Å². The van der Waals surface area contributed by atoms with Gasteiger partial charge in [-0.15, -0.1) is 0 Å². The molecule has 0 saturated heterocycles. The fourth-order valence-electron chi connectivity index (χ4n) is 0.585. The summed E-state index contributed by atoms with van der Waals surface area (Å²) in [5.74, 6) is 0. The third kappa shape index (κ3) is 7.36. The summed E-state index contributed by atoms with van der Waals surface area (Å²) in [7, 11) is 0. The van der Waals surface area contributed by atoms with Crippen molar-refractivity contribution >= 4 is 23.6 Å². The zero-order valence-electron chi connectivity index (χ0n) is 5.80. The molecule has 0 aromatic rings. The Morgan fingerprint density at radius 1 is 1.60 bits per heavy atom. The molecule has 58 valence electrons. The number of rotatable bonds is 6. The Morgan fingerprint density at radius 3 is 2.80 bits per heavy atom. The molecule has 0 rings (SSSR count). The highest BCUT2D eigenvalue weighted by atomic mass is 32.1. The van der Waals surface area contributed by atoms with Gasteiger partial charge in [-0.1, -0.05) is 12.2 Å². The molecule has 0 aromatic heterocycles. The second kappa shape index (κ2) is 6.48. The molecule has 0 fully saturated rings. The topological polar surface area (TPSA) is 55.1 Å². The van der Waals surface area contributed by atoms with Gasteiger partial charge in [-0.05, 0) is 19.3 Å². The van der Waals surface area contributed by atoms with E-state index in [2.05, 4.69) is 17.5 Å². The number of hydrogen-bond donors (Lipinski definition) is 2. The van der Waals surface area contributed by atoms with Crippen LogP contribution in [0.15, 0.2) is 0 Å². The summed E-state index contributed by atoms with van der Waals surface area (Å²) in [6, 6.07) is 0. The quantitative estimate of drug-likeness (QED) is 0.331. The van der Waals surface area contributed by atoms with Crippen molar-refractivity contribution in [1.29, 1.82) is 0 Å². The van der Waals surface area contributed by atoms with E-state index in [1.54, 1.807) is 0 Å². The van der Waals surface area contributed by atoms with E-state index in [-0.39, 0.29) is 0 Å².